The van der Waals surface area contributed by atoms with Crippen molar-refractivity contribution in [2.75, 3.05) is 13.7 Å². The normalized spacial score (nSPS) is 25.0. The Morgan fingerprint density at radius 3 is 2.74 bits per heavy atom. The molecule has 3 atom stereocenters. The summed E-state index contributed by atoms with van der Waals surface area (Å²) >= 11 is 0. The molecule has 0 aliphatic carbocycles. The van der Waals surface area contributed by atoms with E-state index >= 15 is 0 Å². The van der Waals surface area contributed by atoms with Crippen molar-refractivity contribution in [3.05, 3.63) is 29.8 Å². The minimum absolute atomic E-state index is 0.390. The van der Waals surface area contributed by atoms with Gasteiger partial charge < -0.3 is 15.2 Å². The molecule has 1 aromatic rings. The van der Waals surface area contributed by atoms with E-state index in [2.05, 4.69) is 12.2 Å². The Morgan fingerprint density at radius 2 is 2.11 bits per heavy atom. The van der Waals surface area contributed by atoms with Crippen LogP contribution in [-0.4, -0.2) is 24.8 Å². The van der Waals surface area contributed by atoms with E-state index in [1.165, 1.54) is 19.3 Å². The lowest BCUT2D eigenvalue weighted by Gasteiger charge is -2.31. The summed E-state index contributed by atoms with van der Waals surface area (Å²) in [6.45, 7) is 3.34. The average Bonchev–Trinajstić information content (AvgIpc) is 2.47. The second-order valence-corrected chi connectivity index (χ2v) is 5.47. The van der Waals surface area contributed by atoms with E-state index in [9.17, 15) is 5.11 Å². The third-order valence-electron chi connectivity index (χ3n) is 4.19. The van der Waals surface area contributed by atoms with Gasteiger partial charge in [0.2, 0.25) is 0 Å². The first kappa shape index (κ1) is 14.4. The van der Waals surface area contributed by atoms with Crippen LogP contribution in [-0.2, 0) is 0 Å². The van der Waals surface area contributed by atoms with Gasteiger partial charge in [-0.25, -0.2) is 0 Å². The fraction of sp³-hybridized carbons (Fsp3) is 0.625. The zero-order valence-electron chi connectivity index (χ0n) is 11.9. The largest absolute Gasteiger partial charge is 0.497 e. The van der Waals surface area contributed by atoms with Crippen LogP contribution in [0.15, 0.2) is 24.3 Å². The molecule has 0 spiro atoms. The van der Waals surface area contributed by atoms with Crippen molar-refractivity contribution >= 4 is 0 Å². The lowest BCUT2D eigenvalue weighted by atomic mass is 9.87. The molecule has 3 nitrogen and oxygen atoms in total. The molecular formula is C16H25NO2. The summed E-state index contributed by atoms with van der Waals surface area (Å²) in [5.74, 6) is 1.65. The summed E-state index contributed by atoms with van der Waals surface area (Å²) in [5, 5.41) is 13.8. The lowest BCUT2D eigenvalue weighted by molar-refractivity contribution is 0.136. The summed E-state index contributed by atoms with van der Waals surface area (Å²) in [5.41, 5.74) is 0.973. The van der Waals surface area contributed by atoms with Gasteiger partial charge in [0.1, 0.15) is 5.75 Å². The highest BCUT2D eigenvalue weighted by Crippen LogP contribution is 2.27. The van der Waals surface area contributed by atoms with E-state index in [4.69, 9.17) is 4.74 Å². The molecule has 3 unspecified atom stereocenters. The molecule has 0 radical (unpaired) electrons. The lowest BCUT2D eigenvalue weighted by Crippen LogP contribution is -2.38. The smallest absolute Gasteiger partial charge is 0.118 e. The molecule has 1 aromatic carbocycles. The molecule has 1 heterocycles. The third-order valence-corrected chi connectivity index (χ3v) is 4.19. The molecule has 1 aliphatic rings. The molecule has 1 fully saturated rings. The highest BCUT2D eigenvalue weighted by molar-refractivity contribution is 5.28. The third kappa shape index (κ3) is 3.95. The highest BCUT2D eigenvalue weighted by atomic mass is 16.5. The molecule has 106 valence electrons. The van der Waals surface area contributed by atoms with E-state index in [1.54, 1.807) is 7.11 Å². The van der Waals surface area contributed by atoms with Gasteiger partial charge in [0.15, 0.2) is 0 Å². The van der Waals surface area contributed by atoms with E-state index in [-0.39, 0.29) is 6.10 Å². The molecule has 1 aliphatic heterocycles. The second-order valence-electron chi connectivity index (χ2n) is 5.47. The van der Waals surface area contributed by atoms with E-state index < -0.39 is 0 Å². The summed E-state index contributed by atoms with van der Waals surface area (Å²) in [6, 6.07) is 8.15. The number of nitrogens with one attached hydrogen (secondary N) is 1. The van der Waals surface area contributed by atoms with Crippen molar-refractivity contribution in [2.45, 2.75) is 44.8 Å². The minimum atomic E-state index is -0.390. The second kappa shape index (κ2) is 6.92. The number of rotatable bonds is 5. The van der Waals surface area contributed by atoms with Gasteiger partial charge in [-0.1, -0.05) is 25.5 Å². The fourth-order valence-electron chi connectivity index (χ4n) is 2.88. The number of methoxy groups -OCH3 is 1. The van der Waals surface area contributed by atoms with Crippen LogP contribution in [0.25, 0.3) is 0 Å². The Balaban J connectivity index is 1.90. The van der Waals surface area contributed by atoms with E-state index in [1.807, 2.05) is 24.3 Å². The van der Waals surface area contributed by atoms with Gasteiger partial charge in [-0.3, -0.25) is 0 Å². The standard InChI is InChI=1S/C16H25NO2/c1-3-12-8-9-17-14(10-12)11-16(18)13-4-6-15(19-2)7-5-13/h4-7,12,14,16-18H,3,8-11H2,1-2H3. The quantitative estimate of drug-likeness (QED) is 0.858. The number of benzene rings is 1. The van der Waals surface area contributed by atoms with Gasteiger partial charge in [-0.15, -0.1) is 0 Å². The Kier molecular flexibility index (Phi) is 5.23. The van der Waals surface area contributed by atoms with Crippen molar-refractivity contribution in [3.8, 4) is 5.75 Å². The molecule has 1 saturated heterocycles. The van der Waals surface area contributed by atoms with Crippen molar-refractivity contribution in [3.63, 3.8) is 0 Å². The average molecular weight is 263 g/mol. The monoisotopic (exact) mass is 263 g/mol. The van der Waals surface area contributed by atoms with Crippen molar-refractivity contribution in [1.82, 2.24) is 5.32 Å². The first-order valence-electron chi connectivity index (χ1n) is 7.28. The van der Waals surface area contributed by atoms with Gasteiger partial charge in [0.25, 0.3) is 0 Å². The number of aliphatic hydroxyl groups excluding tert-OH is 1. The van der Waals surface area contributed by atoms with Crippen molar-refractivity contribution in [2.24, 2.45) is 5.92 Å². The molecule has 2 rings (SSSR count). The SMILES string of the molecule is CCC1CCNC(CC(O)c2ccc(OC)cc2)C1. The van der Waals surface area contributed by atoms with Gasteiger partial charge in [-0.2, -0.15) is 0 Å². The van der Waals surface area contributed by atoms with E-state index in [0.29, 0.717) is 6.04 Å². The summed E-state index contributed by atoms with van der Waals surface area (Å²) in [4.78, 5) is 0. The number of ether oxygens (including phenoxy) is 1. The first-order valence-corrected chi connectivity index (χ1v) is 7.28. The maximum atomic E-state index is 10.3. The van der Waals surface area contributed by atoms with Gasteiger partial charge in [0.05, 0.1) is 13.2 Å². The summed E-state index contributed by atoms with van der Waals surface area (Å²) in [6.07, 6.45) is 4.11. The number of aliphatic hydroxyl groups is 1. The Morgan fingerprint density at radius 1 is 1.37 bits per heavy atom. The maximum absolute atomic E-state index is 10.3. The molecule has 3 heteroatoms. The number of hydrogen-bond acceptors (Lipinski definition) is 3. The zero-order valence-corrected chi connectivity index (χ0v) is 11.9. The summed E-state index contributed by atoms with van der Waals surface area (Å²) < 4.78 is 5.13. The van der Waals surface area contributed by atoms with Crippen molar-refractivity contribution < 1.29 is 9.84 Å². The number of hydrogen-bond donors (Lipinski definition) is 2. The Bertz CT molecular complexity index is 377. The fourth-order valence-corrected chi connectivity index (χ4v) is 2.88. The van der Waals surface area contributed by atoms with Gasteiger partial charge >= 0.3 is 0 Å². The maximum Gasteiger partial charge on any atom is 0.118 e. The van der Waals surface area contributed by atoms with Crippen LogP contribution in [0.4, 0.5) is 0 Å². The van der Waals surface area contributed by atoms with Crippen molar-refractivity contribution in [1.29, 1.82) is 0 Å². The van der Waals surface area contributed by atoms with Crippen LogP contribution >= 0.6 is 0 Å². The topological polar surface area (TPSA) is 41.5 Å². The molecule has 0 amide bonds. The molecular weight excluding hydrogens is 238 g/mol. The zero-order chi connectivity index (χ0) is 13.7. The molecule has 0 aromatic heterocycles. The van der Waals surface area contributed by atoms with Crippen LogP contribution in [0.1, 0.15) is 44.3 Å². The van der Waals surface area contributed by atoms with Crippen LogP contribution in [0.5, 0.6) is 5.75 Å². The molecule has 0 bridgehead atoms. The number of piperidine rings is 1. The van der Waals surface area contributed by atoms with Gasteiger partial charge in [-0.05, 0) is 49.4 Å². The van der Waals surface area contributed by atoms with Crippen LogP contribution in [0.2, 0.25) is 0 Å². The van der Waals surface area contributed by atoms with Crippen LogP contribution in [0.3, 0.4) is 0 Å². The minimum Gasteiger partial charge on any atom is -0.497 e. The molecule has 2 N–H and O–H groups in total. The Labute approximate surface area is 116 Å². The first-order chi connectivity index (χ1) is 9.22. The molecule has 19 heavy (non-hydrogen) atoms. The predicted octanol–water partition coefficient (Wildman–Crippen LogP) is 2.90. The van der Waals surface area contributed by atoms with Crippen LogP contribution < -0.4 is 10.1 Å². The molecule has 0 saturated carbocycles. The van der Waals surface area contributed by atoms with Gasteiger partial charge in [0, 0.05) is 6.04 Å². The Hall–Kier alpha value is -1.06. The predicted molar refractivity (Wildman–Crippen MR) is 77.4 cm³/mol. The summed E-state index contributed by atoms with van der Waals surface area (Å²) in [7, 11) is 1.66. The van der Waals surface area contributed by atoms with Crippen LogP contribution in [0, 0.1) is 5.92 Å². The van der Waals surface area contributed by atoms with E-state index in [0.717, 1.165) is 30.2 Å². The highest BCUT2D eigenvalue weighted by Gasteiger charge is 2.23.